The summed E-state index contributed by atoms with van der Waals surface area (Å²) in [5.41, 5.74) is 15.0. The van der Waals surface area contributed by atoms with Crippen LogP contribution in [0.15, 0.2) is 146 Å². The van der Waals surface area contributed by atoms with Crippen molar-refractivity contribution in [1.82, 2.24) is 0 Å². The second-order valence-electron chi connectivity index (χ2n) is 12.2. The molecule has 44 heavy (non-hydrogen) atoms. The molecule has 0 atom stereocenters. The van der Waals surface area contributed by atoms with E-state index in [0.29, 0.717) is 0 Å². The van der Waals surface area contributed by atoms with Gasteiger partial charge in [0.1, 0.15) is 0 Å². The van der Waals surface area contributed by atoms with E-state index in [1.54, 1.807) is 18.9 Å². The van der Waals surface area contributed by atoms with Gasteiger partial charge >= 0.3 is 186 Å². The van der Waals surface area contributed by atoms with Crippen LogP contribution >= 0.6 is 0 Å². The Kier molecular flexibility index (Phi) is 8.62. The van der Waals surface area contributed by atoms with Crippen LogP contribution in [0.25, 0.3) is 22.3 Å². The van der Waals surface area contributed by atoms with Crippen molar-refractivity contribution in [2.75, 3.05) is 0 Å². The molecule has 6 aromatic carbocycles. The Hall–Kier alpha value is -3.75. The first-order valence-corrected chi connectivity index (χ1v) is 22.2. The molecule has 0 nitrogen and oxygen atoms in total. The molecule has 6 aromatic rings. The Balaban J connectivity index is 0.000000187. The fourth-order valence-electron chi connectivity index (χ4n) is 7.04. The Bertz CT molecular complexity index is 1830. The van der Waals surface area contributed by atoms with Gasteiger partial charge in [-0.15, -0.1) is 0 Å². The molecule has 0 aliphatic heterocycles. The van der Waals surface area contributed by atoms with Crippen LogP contribution in [0.5, 0.6) is 0 Å². The van der Waals surface area contributed by atoms with Crippen LogP contribution < -0.4 is 7.74 Å². The minimum atomic E-state index is -1.63. The third kappa shape index (κ3) is 5.85. The third-order valence-corrected chi connectivity index (χ3v) is 20.2. The quantitative estimate of drug-likeness (QED) is 0.169. The van der Waals surface area contributed by atoms with Gasteiger partial charge in [0.15, 0.2) is 0 Å². The summed E-state index contributed by atoms with van der Waals surface area (Å²) in [5, 5.41) is 0. The van der Waals surface area contributed by atoms with Gasteiger partial charge in [-0.3, -0.25) is 0 Å². The van der Waals surface area contributed by atoms with Crippen molar-refractivity contribution >= 4 is 13.9 Å². The van der Waals surface area contributed by atoms with Gasteiger partial charge in [0, 0.05) is 0 Å². The average Bonchev–Trinajstić information content (AvgIpc) is 3.65. The summed E-state index contributed by atoms with van der Waals surface area (Å²) in [6.45, 7) is 5.12. The number of rotatable bonds is 5. The first-order valence-electron chi connectivity index (χ1n) is 15.8. The summed E-state index contributed by atoms with van der Waals surface area (Å²) in [6, 6.07) is 53.6. The minimum Gasteiger partial charge on any atom is -0.0622 e. The Morgan fingerprint density at radius 1 is 0.432 bits per heavy atom. The summed E-state index contributed by atoms with van der Waals surface area (Å²) in [4.78, 5) is 0. The smallest absolute Gasteiger partial charge is 0.0238 e. The number of fused-ring (bicyclic) bond motifs is 6. The molecule has 0 bridgehead atoms. The summed E-state index contributed by atoms with van der Waals surface area (Å²) in [6.07, 6.45) is 4.06. The van der Waals surface area contributed by atoms with Crippen molar-refractivity contribution < 1.29 is 16.6 Å². The molecule has 0 unspecified atom stereocenters. The van der Waals surface area contributed by atoms with Crippen molar-refractivity contribution in [2.24, 2.45) is 0 Å². The SMILES string of the molecule is C[Si](C)=[Ti]([c]1cccc2c1Cc1ccccc1-2)[c]1cccc2c1Cc1ccccc1-2.c1ccc(CCc2ccccc2)cc1. The molecule has 2 aliphatic carbocycles. The van der Waals surface area contributed by atoms with Crippen molar-refractivity contribution in [3.63, 3.8) is 0 Å². The van der Waals surface area contributed by atoms with E-state index < -0.39 is 22.8 Å². The zero-order valence-electron chi connectivity index (χ0n) is 25.7. The van der Waals surface area contributed by atoms with E-state index in [-0.39, 0.29) is 0 Å². The molecule has 0 radical (unpaired) electrons. The van der Waals surface area contributed by atoms with Gasteiger partial charge in [-0.1, -0.05) is 60.7 Å². The zero-order valence-corrected chi connectivity index (χ0v) is 28.2. The number of aryl methyl sites for hydroxylation is 2. The van der Waals surface area contributed by atoms with Crippen LogP contribution in [-0.4, -0.2) is 6.19 Å². The van der Waals surface area contributed by atoms with E-state index in [1.807, 2.05) is 0 Å². The maximum Gasteiger partial charge on any atom is -0.0238 e. The molecule has 8 rings (SSSR count). The van der Waals surface area contributed by atoms with Crippen LogP contribution in [-0.2, 0) is 42.3 Å². The van der Waals surface area contributed by atoms with Gasteiger partial charge in [0.2, 0.25) is 0 Å². The van der Waals surface area contributed by atoms with Crippen molar-refractivity contribution in [3.05, 3.63) is 179 Å². The maximum absolute atomic E-state index is 2.56. The van der Waals surface area contributed by atoms with Crippen LogP contribution in [0.1, 0.15) is 33.4 Å². The fraction of sp³-hybridized carbons (Fsp3) is 0.143. The molecule has 0 saturated heterocycles. The van der Waals surface area contributed by atoms with E-state index in [2.05, 4.69) is 159 Å². The molecular formula is C42H38SiTi. The molecule has 0 heterocycles. The fourth-order valence-corrected chi connectivity index (χ4v) is 18.0. The molecule has 0 aromatic heterocycles. The van der Waals surface area contributed by atoms with Gasteiger partial charge < -0.3 is 0 Å². The van der Waals surface area contributed by atoms with E-state index in [0.717, 1.165) is 25.7 Å². The van der Waals surface area contributed by atoms with Crippen molar-refractivity contribution in [3.8, 4) is 22.3 Å². The van der Waals surface area contributed by atoms with E-state index in [1.165, 1.54) is 44.5 Å². The molecule has 0 fully saturated rings. The minimum absolute atomic E-state index is 0.426. The first kappa shape index (κ1) is 29.0. The molecule has 214 valence electrons. The Morgan fingerprint density at radius 3 is 1.25 bits per heavy atom. The summed E-state index contributed by atoms with van der Waals surface area (Å²) < 4.78 is 3.46. The molecule has 0 N–H and O–H groups in total. The summed E-state index contributed by atoms with van der Waals surface area (Å²) in [7, 11) is 0. The number of hydrogen-bond donors (Lipinski definition) is 0. The van der Waals surface area contributed by atoms with Crippen LogP contribution in [0.4, 0.5) is 0 Å². The second-order valence-corrected chi connectivity index (χ2v) is 23.8. The predicted molar refractivity (Wildman–Crippen MR) is 186 cm³/mol. The molecular weight excluding hydrogens is 580 g/mol. The first-order chi connectivity index (χ1) is 21.7. The third-order valence-electron chi connectivity index (χ3n) is 9.13. The molecule has 0 spiro atoms. The van der Waals surface area contributed by atoms with Gasteiger partial charge in [-0.2, -0.15) is 0 Å². The molecule has 0 saturated carbocycles. The van der Waals surface area contributed by atoms with Crippen LogP contribution in [0, 0.1) is 0 Å². The Labute approximate surface area is 269 Å². The maximum atomic E-state index is 2.56. The van der Waals surface area contributed by atoms with Crippen LogP contribution in [0.3, 0.4) is 0 Å². The van der Waals surface area contributed by atoms with Crippen molar-refractivity contribution in [2.45, 2.75) is 38.8 Å². The number of benzene rings is 6. The topological polar surface area (TPSA) is 0 Å². The molecule has 2 heteroatoms. The standard InChI is InChI=1S/C14H14.2C13H9.C2H6Si.Ti/c1-3-7-13(8-4-1)11-12-14-9-5-2-6-10-14;2*1-3-7-12-10(5-1)9-11-6-2-4-8-13(11)12;1-3-2;/h1-10H,11-12H2;2*1-5,7-8H,9H2;1-2H3;. The van der Waals surface area contributed by atoms with E-state index in [4.69, 9.17) is 0 Å². The monoisotopic (exact) mass is 618 g/mol. The Morgan fingerprint density at radius 2 is 0.818 bits per heavy atom. The zero-order chi connectivity index (χ0) is 29.9. The average molecular weight is 619 g/mol. The number of hydrogen-bond acceptors (Lipinski definition) is 0. The van der Waals surface area contributed by atoms with Crippen LogP contribution in [0.2, 0.25) is 13.1 Å². The molecule has 0 amide bonds. The predicted octanol–water partition coefficient (Wildman–Crippen LogP) is 9.12. The van der Waals surface area contributed by atoms with Gasteiger partial charge in [0.25, 0.3) is 0 Å². The molecule has 2 aliphatic rings. The second kappa shape index (κ2) is 13.1. The largest absolute Gasteiger partial charge is 0.0622 e. The van der Waals surface area contributed by atoms with E-state index in [9.17, 15) is 0 Å². The van der Waals surface area contributed by atoms with Gasteiger partial charge in [0.05, 0.1) is 0 Å². The summed E-state index contributed by atoms with van der Waals surface area (Å²) in [5.74, 6) is 0. The van der Waals surface area contributed by atoms with E-state index >= 15 is 0 Å². The van der Waals surface area contributed by atoms with Gasteiger partial charge in [-0.25, -0.2) is 0 Å². The van der Waals surface area contributed by atoms with Gasteiger partial charge in [-0.05, 0) is 24.0 Å². The summed E-state index contributed by atoms with van der Waals surface area (Å²) >= 11 is -1.63. The van der Waals surface area contributed by atoms with Crippen molar-refractivity contribution in [1.29, 1.82) is 0 Å². The normalized spacial score (nSPS) is 11.9.